The molecule has 0 saturated carbocycles. The first kappa shape index (κ1) is 29.8. The Morgan fingerprint density at radius 1 is 1.13 bits per heavy atom. The van der Waals surface area contributed by atoms with Crippen molar-refractivity contribution in [2.24, 2.45) is 0 Å². The zero-order valence-corrected chi connectivity index (χ0v) is 24.7. The third kappa shape index (κ3) is 5.34. The second kappa shape index (κ2) is 11.2. The van der Waals surface area contributed by atoms with Crippen molar-refractivity contribution in [2.45, 2.75) is 31.9 Å². The van der Waals surface area contributed by atoms with Crippen molar-refractivity contribution < 1.29 is 36.3 Å². The highest BCUT2D eigenvalue weighted by Crippen LogP contribution is 2.34. The lowest BCUT2D eigenvalue weighted by atomic mass is 10.1. The van der Waals surface area contributed by atoms with Gasteiger partial charge in [0.2, 0.25) is 5.82 Å². The fraction of sp³-hybridized carbons (Fsp3) is 0.276. The highest BCUT2D eigenvalue weighted by Gasteiger charge is 2.39. The number of hydrogen-bond acceptors (Lipinski definition) is 8. The normalized spacial score (nSPS) is 17.0. The van der Waals surface area contributed by atoms with Crippen LogP contribution in [0.1, 0.15) is 27.7 Å². The molecule has 1 atom stereocenters. The van der Waals surface area contributed by atoms with Gasteiger partial charge >= 0.3 is 6.18 Å². The monoisotopic (exact) mass is 658 g/mol. The predicted octanol–water partition coefficient (Wildman–Crippen LogP) is 4.12. The van der Waals surface area contributed by atoms with Gasteiger partial charge in [0.1, 0.15) is 41.6 Å². The number of carbonyl (C=O) groups is 2. The summed E-state index contributed by atoms with van der Waals surface area (Å²) in [6.45, 7) is 0.845. The van der Waals surface area contributed by atoms with Crippen LogP contribution in [0.3, 0.4) is 0 Å². The third-order valence-electron chi connectivity index (χ3n) is 7.87. The molecule has 5 aromatic rings. The summed E-state index contributed by atoms with van der Waals surface area (Å²) < 4.78 is 76.0. The molecule has 7 rings (SSSR count). The van der Waals surface area contributed by atoms with Crippen LogP contribution in [0.5, 0.6) is 5.75 Å². The van der Waals surface area contributed by atoms with Gasteiger partial charge in [-0.25, -0.2) is 13.8 Å². The number of amides is 2. The number of ether oxygens (including phenoxy) is 1. The molecule has 0 radical (unpaired) electrons. The molecule has 238 valence electrons. The van der Waals surface area contributed by atoms with Crippen molar-refractivity contribution in [1.29, 1.82) is 0 Å². The van der Waals surface area contributed by atoms with Gasteiger partial charge in [0.05, 0.1) is 17.9 Å². The van der Waals surface area contributed by atoms with E-state index in [1.54, 1.807) is 30.6 Å². The zero-order valence-electron chi connectivity index (χ0n) is 23.9. The summed E-state index contributed by atoms with van der Waals surface area (Å²) in [5.41, 5.74) is 1.81. The summed E-state index contributed by atoms with van der Waals surface area (Å²) in [6, 6.07) is 7.42. The largest absolute Gasteiger partial charge is 0.489 e. The molecule has 0 unspecified atom stereocenters. The number of halogens is 5. The first-order valence-electron chi connectivity index (χ1n) is 13.9. The molecule has 0 saturated heterocycles. The van der Waals surface area contributed by atoms with Gasteiger partial charge in [-0.15, -0.1) is 21.5 Å². The molecular weight excluding hydrogens is 635 g/mol. The molecule has 3 aromatic heterocycles. The van der Waals surface area contributed by atoms with Gasteiger partial charge in [-0.3, -0.25) is 18.9 Å². The lowest BCUT2D eigenvalue weighted by molar-refractivity contribution is -0.148. The molecule has 0 aliphatic carbocycles. The van der Waals surface area contributed by atoms with E-state index in [0.717, 1.165) is 22.3 Å². The van der Waals surface area contributed by atoms with E-state index in [-0.39, 0.29) is 36.8 Å². The lowest BCUT2D eigenvalue weighted by Gasteiger charge is -2.28. The number of nitrogens with zero attached hydrogens (tertiary/aromatic N) is 7. The minimum absolute atomic E-state index is 0.00478. The molecule has 17 heteroatoms. The van der Waals surface area contributed by atoms with Crippen LogP contribution in [-0.4, -0.2) is 67.1 Å². The van der Waals surface area contributed by atoms with E-state index in [9.17, 15) is 31.5 Å². The maximum atomic E-state index is 14.4. The number of likely N-dealkylation sites (N-methyl/N-ethyl adjacent to an activating group) is 1. The van der Waals surface area contributed by atoms with Crippen molar-refractivity contribution in [3.05, 3.63) is 82.5 Å². The summed E-state index contributed by atoms with van der Waals surface area (Å²) >= 11 is 1.17. The Morgan fingerprint density at radius 3 is 2.74 bits per heavy atom. The molecule has 2 aliphatic heterocycles. The molecule has 0 spiro atoms. The standard InChI is InChI=1S/C29H23F5N8O3S/c1-39-21-5-2-15(10-40-6-7-41-24(12-40)37-38-27(41)29(32,33)34)8-23(21)45-13-20(26(39)44)35-25(43)19-11-42-22(14-46-28(42)36-19)17-4-3-16(30)9-18(17)31/h2-5,8-9,11,14,20H,6-7,10,12-13H2,1H3,(H,35,43)/t20-/m0/s1. The number of carbonyl (C=O) groups excluding carboxylic acids is 2. The fourth-order valence-corrected chi connectivity index (χ4v) is 6.45. The summed E-state index contributed by atoms with van der Waals surface area (Å²) in [6.07, 6.45) is -3.16. The van der Waals surface area contributed by atoms with Crippen LogP contribution in [0, 0.1) is 11.6 Å². The average Bonchev–Trinajstić information content (AvgIpc) is 3.71. The van der Waals surface area contributed by atoms with Crippen molar-refractivity contribution in [3.63, 3.8) is 0 Å². The zero-order chi connectivity index (χ0) is 32.3. The van der Waals surface area contributed by atoms with E-state index in [1.807, 2.05) is 4.90 Å². The molecule has 11 nitrogen and oxygen atoms in total. The summed E-state index contributed by atoms with van der Waals surface area (Å²) in [5, 5.41) is 11.3. The number of nitrogens with one attached hydrogen (secondary N) is 1. The van der Waals surface area contributed by atoms with E-state index in [2.05, 4.69) is 20.5 Å². The highest BCUT2D eigenvalue weighted by molar-refractivity contribution is 7.15. The topological polar surface area (TPSA) is 110 Å². The summed E-state index contributed by atoms with van der Waals surface area (Å²) in [7, 11) is 1.56. The van der Waals surface area contributed by atoms with Crippen molar-refractivity contribution >= 4 is 33.8 Å². The predicted molar refractivity (Wildman–Crippen MR) is 154 cm³/mol. The van der Waals surface area contributed by atoms with Gasteiger partial charge in [-0.1, -0.05) is 6.07 Å². The summed E-state index contributed by atoms with van der Waals surface area (Å²) in [4.78, 5) is 34.5. The van der Waals surface area contributed by atoms with E-state index < -0.39 is 41.5 Å². The smallest absolute Gasteiger partial charge is 0.451 e. The number of hydrogen-bond donors (Lipinski definition) is 1. The first-order valence-corrected chi connectivity index (χ1v) is 14.8. The molecule has 2 aromatic carbocycles. The molecule has 2 aliphatic rings. The van der Waals surface area contributed by atoms with Crippen molar-refractivity contribution in [2.75, 3.05) is 25.1 Å². The molecule has 46 heavy (non-hydrogen) atoms. The Bertz CT molecular complexity index is 2000. The van der Waals surface area contributed by atoms with Crippen LogP contribution in [-0.2, 0) is 30.6 Å². The number of imidazole rings is 1. The van der Waals surface area contributed by atoms with Crippen LogP contribution in [0.4, 0.5) is 27.6 Å². The maximum absolute atomic E-state index is 14.4. The second-order valence-corrected chi connectivity index (χ2v) is 11.7. The number of thiazole rings is 1. The van der Waals surface area contributed by atoms with Crippen LogP contribution in [0.25, 0.3) is 16.2 Å². The van der Waals surface area contributed by atoms with E-state index in [4.69, 9.17) is 4.74 Å². The SMILES string of the molecule is CN1C(=O)[C@@H](NC(=O)c2cn3c(-c4ccc(F)cc4F)csc3n2)COc2cc(CN3CCn4c(nnc4C(F)(F)F)C3)ccc21. The maximum Gasteiger partial charge on any atom is 0.451 e. The molecule has 2 amide bonds. The van der Waals surface area contributed by atoms with Crippen LogP contribution in [0.15, 0.2) is 48.0 Å². The highest BCUT2D eigenvalue weighted by atomic mass is 32.1. The van der Waals surface area contributed by atoms with Gasteiger partial charge in [0.25, 0.3) is 11.8 Å². The average molecular weight is 659 g/mol. The number of fused-ring (bicyclic) bond motifs is 3. The second-order valence-electron chi connectivity index (χ2n) is 10.9. The van der Waals surface area contributed by atoms with Gasteiger partial charge in [0.15, 0.2) is 4.96 Å². The van der Waals surface area contributed by atoms with E-state index in [0.29, 0.717) is 35.2 Å². The van der Waals surface area contributed by atoms with Gasteiger partial charge in [-0.05, 0) is 29.8 Å². The summed E-state index contributed by atoms with van der Waals surface area (Å²) in [5.74, 6) is -2.92. The number of alkyl halides is 3. The van der Waals surface area contributed by atoms with Crippen LogP contribution >= 0.6 is 11.3 Å². The van der Waals surface area contributed by atoms with Crippen molar-refractivity contribution in [1.82, 2.24) is 34.4 Å². The molecule has 0 fully saturated rings. The Labute approximate surface area is 260 Å². The minimum atomic E-state index is -4.58. The van der Waals surface area contributed by atoms with Crippen molar-refractivity contribution in [3.8, 4) is 17.0 Å². The van der Waals surface area contributed by atoms with E-state index in [1.165, 1.54) is 32.9 Å². The fourth-order valence-electron chi connectivity index (χ4n) is 5.58. The Balaban J connectivity index is 1.04. The number of rotatable bonds is 5. The Hall–Kier alpha value is -4.90. The number of aromatic nitrogens is 5. The van der Waals surface area contributed by atoms with Gasteiger partial charge in [0, 0.05) is 49.9 Å². The number of benzene rings is 2. The van der Waals surface area contributed by atoms with E-state index >= 15 is 0 Å². The minimum Gasteiger partial charge on any atom is -0.489 e. The quantitative estimate of drug-likeness (QED) is 0.283. The third-order valence-corrected chi connectivity index (χ3v) is 8.71. The first-order chi connectivity index (χ1) is 22.0. The Morgan fingerprint density at radius 2 is 1.96 bits per heavy atom. The van der Waals surface area contributed by atoms with Gasteiger partial charge in [-0.2, -0.15) is 13.2 Å². The molecular formula is C29H23F5N8O3S. The Kier molecular flexibility index (Phi) is 7.23. The van der Waals surface area contributed by atoms with Crippen LogP contribution < -0.4 is 15.0 Å². The van der Waals surface area contributed by atoms with Gasteiger partial charge < -0.3 is 19.5 Å². The lowest BCUT2D eigenvalue weighted by Crippen LogP contribution is -2.49. The molecule has 1 N–H and O–H groups in total. The molecule has 5 heterocycles. The molecule has 0 bridgehead atoms. The van der Waals surface area contributed by atoms with Crippen LogP contribution in [0.2, 0.25) is 0 Å². The number of anilines is 1.